The lowest BCUT2D eigenvalue weighted by atomic mass is 10.2. The van der Waals surface area contributed by atoms with E-state index < -0.39 is 14.0 Å². The summed E-state index contributed by atoms with van der Waals surface area (Å²) in [7, 11) is -1.06. The van der Waals surface area contributed by atoms with Crippen LogP contribution in [0.5, 0.6) is 0 Å². The minimum absolute atomic E-state index is 0.133. The highest BCUT2D eigenvalue weighted by atomic mass is 35.5. The summed E-state index contributed by atoms with van der Waals surface area (Å²) in [6.07, 6.45) is 0. The van der Waals surface area contributed by atoms with Gasteiger partial charge in [0.05, 0.1) is 10.0 Å². The van der Waals surface area contributed by atoms with Gasteiger partial charge in [-0.3, -0.25) is 0 Å². The molecule has 0 heterocycles. The van der Waals surface area contributed by atoms with Crippen molar-refractivity contribution in [3.05, 3.63) is 33.8 Å². The van der Waals surface area contributed by atoms with Crippen LogP contribution in [-0.2, 0) is 4.57 Å². The fourth-order valence-corrected chi connectivity index (χ4v) is 1.86. The second-order valence-electron chi connectivity index (χ2n) is 2.03. The molecule has 0 aromatic heterocycles. The van der Waals surface area contributed by atoms with Crippen LogP contribution in [-0.4, -0.2) is 5.52 Å². The van der Waals surface area contributed by atoms with Gasteiger partial charge < -0.3 is 0 Å². The second-order valence-corrected chi connectivity index (χ2v) is 3.50. The van der Waals surface area contributed by atoms with E-state index in [2.05, 4.69) is 0 Å². The summed E-state index contributed by atoms with van der Waals surface area (Å²) in [6.45, 7) is 0. The predicted molar refractivity (Wildman–Crippen MR) is 49.8 cm³/mol. The van der Waals surface area contributed by atoms with Gasteiger partial charge in [-0.1, -0.05) is 33.8 Å². The maximum absolute atomic E-state index is 11.0. The van der Waals surface area contributed by atoms with E-state index in [1.807, 2.05) is 0 Å². The number of carbonyl (C=O) groups excluding carboxylic acids is 1. The molecule has 0 aliphatic carbocycles. The first kappa shape index (κ1) is 9.66. The molecule has 0 fully saturated rings. The van der Waals surface area contributed by atoms with Crippen LogP contribution >= 0.6 is 31.7 Å². The second kappa shape index (κ2) is 3.99. The van der Waals surface area contributed by atoms with Gasteiger partial charge in [0.1, 0.15) is 5.56 Å². The van der Waals surface area contributed by atoms with Gasteiger partial charge in [0, 0.05) is 0 Å². The summed E-state index contributed by atoms with van der Waals surface area (Å²) in [6, 6.07) is 4.68. The van der Waals surface area contributed by atoms with Crippen molar-refractivity contribution in [2.75, 3.05) is 0 Å². The van der Waals surface area contributed by atoms with Crippen LogP contribution in [0.3, 0.4) is 0 Å². The first-order valence-electron chi connectivity index (χ1n) is 3.03. The fraction of sp³-hybridized carbons (Fsp3) is 0. The van der Waals surface area contributed by atoms with Crippen molar-refractivity contribution >= 4 is 37.2 Å². The monoisotopic (exact) mass is 221 g/mol. The zero-order valence-corrected chi connectivity index (χ0v) is 8.32. The molecule has 1 aromatic carbocycles. The summed E-state index contributed by atoms with van der Waals surface area (Å²) >= 11 is 11.3. The first-order valence-corrected chi connectivity index (χ1v) is 4.69. The third kappa shape index (κ3) is 1.84. The number of hydrogen-bond donors (Lipinski definition) is 0. The zero-order chi connectivity index (χ0) is 9.14. The molecule has 1 rings (SSSR count). The smallest absolute Gasteiger partial charge is 0.234 e. The van der Waals surface area contributed by atoms with E-state index >= 15 is 0 Å². The molecule has 1 atom stereocenters. The van der Waals surface area contributed by atoms with Gasteiger partial charge in [0.15, 0.2) is 0 Å². The SMILES string of the molecule is O=[PH+]C(=O)c1c(Cl)cccc1Cl. The van der Waals surface area contributed by atoms with Crippen molar-refractivity contribution in [1.29, 1.82) is 0 Å². The fourth-order valence-electron chi connectivity index (χ4n) is 0.766. The van der Waals surface area contributed by atoms with Gasteiger partial charge in [0.2, 0.25) is 0 Å². The maximum Gasteiger partial charge on any atom is 0.406 e. The minimum Gasteiger partial charge on any atom is -0.234 e. The van der Waals surface area contributed by atoms with Crippen molar-refractivity contribution < 1.29 is 9.36 Å². The number of rotatable bonds is 2. The van der Waals surface area contributed by atoms with Crippen LogP contribution in [0.2, 0.25) is 10.0 Å². The van der Waals surface area contributed by atoms with E-state index in [4.69, 9.17) is 23.2 Å². The highest BCUT2D eigenvalue weighted by molar-refractivity contribution is 7.47. The topological polar surface area (TPSA) is 34.1 Å². The molecule has 1 aromatic rings. The lowest BCUT2D eigenvalue weighted by Crippen LogP contribution is -1.91. The Morgan fingerprint density at radius 3 is 2.17 bits per heavy atom. The Morgan fingerprint density at radius 1 is 1.25 bits per heavy atom. The zero-order valence-electron chi connectivity index (χ0n) is 5.80. The van der Waals surface area contributed by atoms with Crippen molar-refractivity contribution in [2.24, 2.45) is 0 Å². The number of carbonyl (C=O) groups is 1. The Bertz CT molecular complexity index is 318. The van der Waals surface area contributed by atoms with Crippen molar-refractivity contribution in [1.82, 2.24) is 0 Å². The lowest BCUT2D eigenvalue weighted by Gasteiger charge is -1.96. The molecule has 62 valence electrons. The van der Waals surface area contributed by atoms with E-state index in [0.29, 0.717) is 0 Å². The summed E-state index contributed by atoms with van der Waals surface area (Å²) in [5.74, 6) is 0. The van der Waals surface area contributed by atoms with Gasteiger partial charge in [-0.15, -0.1) is 0 Å². The number of hydrogen-bond acceptors (Lipinski definition) is 2. The molecule has 0 N–H and O–H groups in total. The van der Waals surface area contributed by atoms with E-state index in [1.54, 1.807) is 6.07 Å². The Morgan fingerprint density at radius 2 is 1.75 bits per heavy atom. The summed E-state index contributed by atoms with van der Waals surface area (Å²) in [5.41, 5.74) is -0.417. The van der Waals surface area contributed by atoms with Crippen LogP contribution in [0.4, 0.5) is 0 Å². The van der Waals surface area contributed by atoms with Crippen LogP contribution in [0.25, 0.3) is 0 Å². The van der Waals surface area contributed by atoms with E-state index in [1.165, 1.54) is 12.1 Å². The normalized spacial score (nSPS) is 10.2. The molecule has 12 heavy (non-hydrogen) atoms. The quantitative estimate of drug-likeness (QED) is 0.720. The highest BCUT2D eigenvalue weighted by Gasteiger charge is 2.20. The Labute approximate surface area is 80.7 Å². The van der Waals surface area contributed by atoms with Gasteiger partial charge in [-0.05, 0) is 12.1 Å². The molecule has 0 saturated heterocycles. The third-order valence-corrected chi connectivity index (χ3v) is 2.35. The van der Waals surface area contributed by atoms with Crippen LogP contribution in [0, 0.1) is 0 Å². The van der Waals surface area contributed by atoms with E-state index in [9.17, 15) is 9.36 Å². The third-order valence-electron chi connectivity index (χ3n) is 1.28. The molecule has 0 spiro atoms. The lowest BCUT2D eigenvalue weighted by molar-refractivity contribution is 0.108. The summed E-state index contributed by atoms with van der Waals surface area (Å²) < 4.78 is 10.3. The molecule has 0 saturated carbocycles. The Hall–Kier alpha value is -0.430. The highest BCUT2D eigenvalue weighted by Crippen LogP contribution is 2.27. The van der Waals surface area contributed by atoms with Crippen molar-refractivity contribution in [3.63, 3.8) is 0 Å². The largest absolute Gasteiger partial charge is 0.406 e. The van der Waals surface area contributed by atoms with Gasteiger partial charge in [-0.25, -0.2) is 4.79 Å². The average Bonchev–Trinajstić information content (AvgIpc) is 2.03. The van der Waals surface area contributed by atoms with Crippen LogP contribution in [0.15, 0.2) is 18.2 Å². The molecule has 0 amide bonds. The molecule has 0 radical (unpaired) electrons. The molecule has 0 aliphatic heterocycles. The van der Waals surface area contributed by atoms with Gasteiger partial charge in [0.25, 0.3) is 0 Å². The standard InChI is InChI=1S/C7H3Cl2O2P/c8-4-2-1-3-5(9)6(4)7(10)12-11/h1-3H/p+1. The Kier molecular flexibility index (Phi) is 3.21. The molecule has 0 bridgehead atoms. The number of benzene rings is 1. The van der Waals surface area contributed by atoms with E-state index in [0.717, 1.165) is 0 Å². The van der Waals surface area contributed by atoms with Crippen LogP contribution < -0.4 is 0 Å². The molecule has 2 nitrogen and oxygen atoms in total. The number of halogens is 2. The molecule has 0 aliphatic rings. The van der Waals surface area contributed by atoms with E-state index in [-0.39, 0.29) is 15.6 Å². The van der Waals surface area contributed by atoms with Crippen molar-refractivity contribution in [2.45, 2.75) is 0 Å². The molecular weight excluding hydrogens is 218 g/mol. The summed E-state index contributed by atoms with van der Waals surface area (Å²) in [5, 5.41) is 0.465. The average molecular weight is 222 g/mol. The molecule has 5 heteroatoms. The van der Waals surface area contributed by atoms with Crippen molar-refractivity contribution in [3.8, 4) is 0 Å². The molecule has 1 unspecified atom stereocenters. The van der Waals surface area contributed by atoms with Gasteiger partial charge >= 0.3 is 14.0 Å². The minimum atomic E-state index is -1.06. The predicted octanol–water partition coefficient (Wildman–Crippen LogP) is 3.16. The first-order chi connectivity index (χ1) is 5.66. The van der Waals surface area contributed by atoms with Gasteiger partial charge in [-0.2, -0.15) is 0 Å². The van der Waals surface area contributed by atoms with Crippen LogP contribution in [0.1, 0.15) is 10.4 Å². The summed E-state index contributed by atoms with van der Waals surface area (Å²) in [4.78, 5) is 11.0. The maximum atomic E-state index is 11.0. The molecular formula is C7H4Cl2O2P+. The Balaban J connectivity index is 3.30.